The van der Waals surface area contributed by atoms with Crippen LogP contribution in [0.5, 0.6) is 11.5 Å². The van der Waals surface area contributed by atoms with Gasteiger partial charge >= 0.3 is 11.9 Å². The van der Waals surface area contributed by atoms with Gasteiger partial charge in [0.05, 0.1) is 76.1 Å². The number of morpholine rings is 1. The number of aliphatic imine (C=N–C) groups is 1. The molecule has 5 aliphatic heterocycles. The predicted molar refractivity (Wildman–Crippen MR) is 309 cm³/mol. The molecule has 6 heterocycles. The molecule has 1 aromatic heterocycles. The first-order valence-electron chi connectivity index (χ1n) is 28.5. The molecule has 2 amide bonds. The fraction of sp³-hybridized carbons (Fsp3) is 0.508. The zero-order valence-electron chi connectivity index (χ0n) is 48.8. The quantitative estimate of drug-likeness (QED) is 0.130. The number of amides is 2. The molecular formula is C61H72ClFN6O16. The monoisotopic (exact) mass is 1200 g/mol. The minimum Gasteiger partial charge on any atom is -0.507 e. The highest BCUT2D eigenvalue weighted by Crippen LogP contribution is 2.50. The number of aliphatic hydroxyl groups is 2. The van der Waals surface area contributed by atoms with E-state index in [0.717, 1.165) is 18.9 Å². The largest absolute Gasteiger partial charge is 0.507 e. The van der Waals surface area contributed by atoms with Crippen molar-refractivity contribution in [2.24, 2.45) is 28.7 Å². The number of fused-ring (bicyclic) bond motifs is 15. The molecular weight excluding hydrogens is 1130 g/mol. The number of benzene rings is 2. The van der Waals surface area contributed by atoms with Gasteiger partial charge in [-0.1, -0.05) is 57.5 Å². The summed E-state index contributed by atoms with van der Waals surface area (Å²) in [6.07, 6.45) is 6.07. The maximum Gasteiger partial charge on any atom is 0.341 e. The van der Waals surface area contributed by atoms with Gasteiger partial charge in [0, 0.05) is 113 Å². The van der Waals surface area contributed by atoms with Gasteiger partial charge in [-0.2, -0.15) is 0 Å². The van der Waals surface area contributed by atoms with Gasteiger partial charge in [0.25, 0.3) is 11.7 Å². The molecule has 2 aliphatic carbocycles. The van der Waals surface area contributed by atoms with Crippen molar-refractivity contribution in [1.29, 1.82) is 0 Å². The van der Waals surface area contributed by atoms with Gasteiger partial charge in [-0.25, -0.2) is 9.18 Å². The van der Waals surface area contributed by atoms with Gasteiger partial charge in [0.1, 0.15) is 46.1 Å². The molecule has 7 aliphatic rings. The van der Waals surface area contributed by atoms with Crippen molar-refractivity contribution >= 4 is 69.2 Å². The van der Waals surface area contributed by atoms with E-state index in [0.29, 0.717) is 6.42 Å². The molecule has 2 saturated heterocycles. The van der Waals surface area contributed by atoms with Crippen molar-refractivity contribution in [3.05, 3.63) is 109 Å². The molecule has 3 fully saturated rings. The van der Waals surface area contributed by atoms with E-state index in [1.165, 1.54) is 59.4 Å². The highest BCUT2D eigenvalue weighted by atomic mass is 35.5. The number of phenols is 1. The zero-order chi connectivity index (χ0) is 61.7. The number of aromatic hydroxyl groups is 1. The summed E-state index contributed by atoms with van der Waals surface area (Å²) in [7, 11) is 1.43. The van der Waals surface area contributed by atoms with Crippen LogP contribution in [-0.4, -0.2) is 160 Å². The second kappa shape index (κ2) is 24.9. The molecule has 85 heavy (non-hydrogen) atoms. The Kier molecular flexibility index (Phi) is 18.2. The highest BCUT2D eigenvalue weighted by Gasteiger charge is 2.52. The lowest BCUT2D eigenvalue weighted by Crippen LogP contribution is -2.46. The van der Waals surface area contributed by atoms with Crippen LogP contribution in [-0.2, 0) is 33.3 Å². The number of esters is 1. The van der Waals surface area contributed by atoms with Crippen molar-refractivity contribution in [3.8, 4) is 11.5 Å². The SMILES string of the molecule is CO[C@H]1C=CO[C@@]2(C)Oc3c(C)c(O)c4c(c3C2=NCCC(=O)NC2CCN(c3c(F)cc5c(=O)c(C(=O)O)cn(C6CC6)c5c3Cl)C2)C(=O)C(N2CCOCC2)=C(NC(=O)C(C)=CC=C[C@H](C)[C@H](O)[C@@H](C)[C@@H](O)[C@@H](C)[C@H](OC(C)=O)[C@@H]1C)C4=O. The lowest BCUT2D eigenvalue weighted by molar-refractivity contribution is -0.160. The number of nitrogens with one attached hydrogen (secondary N) is 2. The number of hydrogen-bond acceptors (Lipinski definition) is 18. The Hall–Kier alpha value is -7.44. The van der Waals surface area contributed by atoms with Crippen LogP contribution in [0.3, 0.4) is 0 Å². The Morgan fingerprint density at radius 1 is 0.941 bits per heavy atom. The average molecular weight is 1200 g/mol. The Balaban J connectivity index is 1.08. The van der Waals surface area contributed by atoms with E-state index in [1.54, 1.807) is 54.2 Å². The number of hydrogen-bond donors (Lipinski definition) is 6. The number of nitrogens with zero attached hydrogens (tertiary/aromatic N) is 4. The van der Waals surface area contributed by atoms with E-state index in [2.05, 4.69) is 10.6 Å². The first-order valence-corrected chi connectivity index (χ1v) is 28.9. The molecule has 5 bridgehead atoms. The van der Waals surface area contributed by atoms with Crippen molar-refractivity contribution in [2.45, 2.75) is 123 Å². The molecule has 0 radical (unpaired) electrons. The lowest BCUT2D eigenvalue weighted by atomic mass is 9.78. The summed E-state index contributed by atoms with van der Waals surface area (Å²) in [5.41, 5.74) is -2.37. The van der Waals surface area contributed by atoms with Gasteiger partial charge in [0.2, 0.25) is 22.9 Å². The van der Waals surface area contributed by atoms with Crippen molar-refractivity contribution in [1.82, 2.24) is 20.1 Å². The summed E-state index contributed by atoms with van der Waals surface area (Å²) in [6, 6.07) is 0.371. The third-order valence-electron chi connectivity index (χ3n) is 17.1. The highest BCUT2D eigenvalue weighted by molar-refractivity contribution is 6.38. The molecule has 3 aromatic rings. The number of carboxylic acid groups (broad SMARTS) is 1. The molecule has 456 valence electrons. The second-order valence-electron chi connectivity index (χ2n) is 23.0. The van der Waals surface area contributed by atoms with Crippen molar-refractivity contribution in [2.75, 3.05) is 57.9 Å². The Morgan fingerprint density at radius 2 is 1.65 bits per heavy atom. The fourth-order valence-electron chi connectivity index (χ4n) is 12.2. The second-order valence-corrected chi connectivity index (χ2v) is 23.4. The van der Waals surface area contributed by atoms with Crippen molar-refractivity contribution in [3.63, 3.8) is 0 Å². The van der Waals surface area contributed by atoms with E-state index < -0.39 is 129 Å². The van der Waals surface area contributed by atoms with Crippen LogP contribution in [0.4, 0.5) is 10.1 Å². The number of anilines is 1. The smallest absolute Gasteiger partial charge is 0.341 e. The standard InChI is InChI=1S/C61H72ClFN6O16/c1-28-11-10-12-29(2)59(78)66-46-49(67-20-23-82-24-21-67)55(77)42-43(54(46)76)52(74)33(6)57-44(42)58(61(8,85-57)83-22-17-40(81-9)30(3)56(84-34(7)70)32(5)51(73)31(4)50(28)72)64-18-15-41(71)65-35-16-19-68(26-35)48-39(63)25-37-47(45(48)62)69(36-13-14-36)27-38(53(37)75)60(79)80/h10-12,17,22,25,27-28,30-32,35-36,40,50-51,56,72-74H,13-16,18-21,23-24,26H2,1-9H3,(H,65,71)(H,66,78)(H,79,80)/t28-,30+,31+,32+,35?,40-,50-,51+,56+,61-/m0/s1. The molecule has 6 N–H and O–H groups in total. The molecule has 10 atom stereocenters. The van der Waals surface area contributed by atoms with E-state index in [4.69, 9.17) is 40.3 Å². The van der Waals surface area contributed by atoms with Crippen LogP contribution in [0.15, 0.2) is 69.6 Å². The summed E-state index contributed by atoms with van der Waals surface area (Å²) in [4.78, 5) is 105. The number of aliphatic hydroxyl groups excluding tert-OH is 2. The summed E-state index contributed by atoms with van der Waals surface area (Å²) < 4.78 is 48.2. The Labute approximate surface area is 494 Å². The molecule has 24 heteroatoms. The Bertz CT molecular complexity index is 3470. The number of rotatable bonds is 10. The number of allylic oxidation sites excluding steroid dienone is 4. The first kappa shape index (κ1) is 62.1. The number of ketones is 2. The number of aromatic nitrogens is 1. The van der Waals surface area contributed by atoms with Gasteiger partial charge in [-0.05, 0) is 45.3 Å². The number of aromatic carboxylic acids is 1. The number of Topliss-reactive ketones (excluding diaryl/α,β-unsaturated/α-hetero) is 2. The summed E-state index contributed by atoms with van der Waals surface area (Å²) in [5, 5.41) is 50.5. The minimum absolute atomic E-state index is 0.00494. The number of carbonyl (C=O) groups is 6. The van der Waals surface area contributed by atoms with Crippen LogP contribution < -0.4 is 25.7 Å². The van der Waals surface area contributed by atoms with Gasteiger partial charge < -0.3 is 69.1 Å². The molecule has 10 rings (SSSR count). The number of carboxylic acids is 1. The zero-order valence-corrected chi connectivity index (χ0v) is 49.6. The van der Waals surface area contributed by atoms with Gasteiger partial charge in [0.15, 0.2) is 0 Å². The predicted octanol–water partition coefficient (Wildman–Crippen LogP) is 5.82. The normalized spacial score (nSPS) is 28.2. The van der Waals surface area contributed by atoms with E-state index in [9.17, 15) is 44.4 Å². The molecule has 1 unspecified atom stereocenters. The number of ether oxygens (including phenoxy) is 5. The van der Waals surface area contributed by atoms with Crippen LogP contribution in [0.2, 0.25) is 5.02 Å². The van der Waals surface area contributed by atoms with E-state index in [-0.39, 0.29) is 119 Å². The molecule has 2 aromatic carbocycles. The summed E-state index contributed by atoms with van der Waals surface area (Å²) in [6.45, 7) is 13.3. The van der Waals surface area contributed by atoms with E-state index >= 15 is 14.0 Å². The average Bonchev–Trinajstić information content (AvgIpc) is 1.71. The summed E-state index contributed by atoms with van der Waals surface area (Å²) in [5.74, 6) is -11.2. The summed E-state index contributed by atoms with van der Waals surface area (Å²) >= 11 is 6.93. The number of halogens is 2. The van der Waals surface area contributed by atoms with Crippen molar-refractivity contribution < 1.29 is 77.3 Å². The molecule has 0 spiro atoms. The number of carbonyl (C=O) groups excluding carboxylic acids is 5. The van der Waals surface area contributed by atoms with Crippen LogP contribution in [0.1, 0.15) is 122 Å². The maximum absolute atomic E-state index is 16.1. The number of phenolic OH excluding ortho intramolecular Hbond substituents is 1. The Morgan fingerprint density at radius 3 is 2.31 bits per heavy atom. The first-order chi connectivity index (χ1) is 40.3. The van der Waals surface area contributed by atoms with Gasteiger partial charge in [-0.15, -0.1) is 0 Å². The number of pyridine rings is 1. The fourth-order valence-corrected chi connectivity index (χ4v) is 12.6. The van der Waals surface area contributed by atoms with Crippen LogP contribution in [0.25, 0.3) is 10.9 Å². The van der Waals surface area contributed by atoms with E-state index in [1.807, 2.05) is 0 Å². The van der Waals surface area contributed by atoms with Gasteiger partial charge in [-0.3, -0.25) is 33.8 Å². The molecule has 1 saturated carbocycles. The lowest BCUT2D eigenvalue weighted by Gasteiger charge is -2.38. The third-order valence-corrected chi connectivity index (χ3v) is 17.5. The van der Waals surface area contributed by atoms with Crippen LogP contribution in [0, 0.1) is 36.4 Å². The molecule has 22 nitrogen and oxygen atoms in total. The maximum atomic E-state index is 16.1. The topological polar surface area (TPSA) is 294 Å². The van der Waals surface area contributed by atoms with Crippen LogP contribution >= 0.6 is 11.6 Å². The third kappa shape index (κ3) is 12.0. The minimum atomic E-state index is -1.97. The number of methoxy groups -OCH3 is 1.